The average molecular weight is 293 g/mol. The van der Waals surface area contributed by atoms with E-state index in [0.29, 0.717) is 12.8 Å². The van der Waals surface area contributed by atoms with Crippen LogP contribution in [0.2, 0.25) is 0 Å². The molecule has 0 saturated heterocycles. The number of rotatable bonds is 8. The molecule has 0 aromatic heterocycles. The fourth-order valence-corrected chi connectivity index (χ4v) is 2.19. The van der Waals surface area contributed by atoms with Crippen molar-refractivity contribution < 1.29 is 9.90 Å². The number of carbonyl (C=O) groups is 1. The van der Waals surface area contributed by atoms with E-state index in [1.165, 1.54) is 12.2 Å². The lowest BCUT2D eigenvalue weighted by atomic mass is 10.1. The number of alkyl halides is 1. The first-order chi connectivity index (χ1) is 9.49. The van der Waals surface area contributed by atoms with Crippen molar-refractivity contribution in [2.24, 2.45) is 0 Å². The zero-order valence-electron chi connectivity index (χ0n) is 11.8. The van der Waals surface area contributed by atoms with E-state index in [0.717, 1.165) is 17.6 Å². The quantitative estimate of drug-likeness (QED) is 0.443. The second-order valence-corrected chi connectivity index (χ2v) is 5.60. The summed E-state index contributed by atoms with van der Waals surface area (Å²) in [6.45, 7) is 5.72. The van der Waals surface area contributed by atoms with Gasteiger partial charge in [-0.25, -0.2) is 0 Å². The summed E-state index contributed by atoms with van der Waals surface area (Å²) in [5, 5.41) is 9.84. The van der Waals surface area contributed by atoms with Gasteiger partial charge in [-0.05, 0) is 37.5 Å². The Hall–Kier alpha value is -1.38. The van der Waals surface area contributed by atoms with Crippen LogP contribution >= 0.6 is 11.6 Å². The Morgan fingerprint density at radius 2 is 2.05 bits per heavy atom. The van der Waals surface area contributed by atoms with Gasteiger partial charge in [-0.3, -0.25) is 4.79 Å². The van der Waals surface area contributed by atoms with Crippen molar-refractivity contribution >= 4 is 17.4 Å². The van der Waals surface area contributed by atoms with Crippen LogP contribution in [-0.4, -0.2) is 16.3 Å². The summed E-state index contributed by atoms with van der Waals surface area (Å²) in [5.41, 5.74) is 1.79. The zero-order chi connectivity index (χ0) is 15.0. The number of aliphatic hydroxyl groups excluding tert-OH is 1. The molecular weight excluding hydrogens is 272 g/mol. The highest BCUT2D eigenvalue weighted by atomic mass is 35.5. The number of allylic oxidation sites excluding steroid dienone is 2. The van der Waals surface area contributed by atoms with E-state index < -0.39 is 6.10 Å². The molecule has 20 heavy (non-hydrogen) atoms. The molecule has 0 bridgehead atoms. The molecule has 0 saturated carbocycles. The molecule has 0 radical (unpaired) electrons. The van der Waals surface area contributed by atoms with E-state index in [1.807, 2.05) is 37.3 Å². The smallest absolute Gasteiger partial charge is 0.155 e. The van der Waals surface area contributed by atoms with Crippen LogP contribution in [0.5, 0.6) is 0 Å². The first kappa shape index (κ1) is 16.7. The minimum absolute atomic E-state index is 0.0210. The van der Waals surface area contributed by atoms with E-state index in [-0.39, 0.29) is 11.2 Å². The topological polar surface area (TPSA) is 37.3 Å². The normalized spacial score (nSPS) is 14.2. The number of aliphatic hydroxyl groups is 1. The van der Waals surface area contributed by atoms with Crippen molar-refractivity contribution in [1.29, 1.82) is 0 Å². The van der Waals surface area contributed by atoms with Gasteiger partial charge in [0, 0.05) is 11.8 Å². The third-order valence-corrected chi connectivity index (χ3v) is 3.25. The van der Waals surface area contributed by atoms with Gasteiger partial charge in [0.05, 0.1) is 6.10 Å². The zero-order valence-corrected chi connectivity index (χ0v) is 12.5. The third-order valence-electron chi connectivity index (χ3n) is 2.88. The van der Waals surface area contributed by atoms with Crippen molar-refractivity contribution in [3.8, 4) is 0 Å². The second kappa shape index (κ2) is 8.72. The number of ketones is 1. The number of hydrogen-bond donors (Lipinski definition) is 1. The van der Waals surface area contributed by atoms with E-state index >= 15 is 0 Å². The average Bonchev–Trinajstić information content (AvgIpc) is 2.42. The van der Waals surface area contributed by atoms with Gasteiger partial charge in [-0.1, -0.05) is 35.9 Å². The molecule has 2 unspecified atom stereocenters. The summed E-state index contributed by atoms with van der Waals surface area (Å²) < 4.78 is 0. The molecule has 3 heteroatoms. The lowest BCUT2D eigenvalue weighted by Crippen LogP contribution is -2.03. The molecule has 0 spiro atoms. The standard InChI is InChI=1S/C17H21ClO2/c1-13(2)12-15(18)8-9-16(19)10-11-17(20)14-6-4-3-5-7-14/h3-7,10-11,15,17,20H,1,8-9,12H2,2H3/b11-10+. The van der Waals surface area contributed by atoms with Crippen LogP contribution in [0.3, 0.4) is 0 Å². The lowest BCUT2D eigenvalue weighted by molar-refractivity contribution is -0.114. The fourth-order valence-electron chi connectivity index (χ4n) is 1.82. The predicted octanol–water partition coefficient (Wildman–Crippen LogP) is 4.20. The molecule has 108 valence electrons. The van der Waals surface area contributed by atoms with Gasteiger partial charge in [-0.15, -0.1) is 18.2 Å². The highest BCUT2D eigenvalue weighted by Gasteiger charge is 2.08. The maximum absolute atomic E-state index is 11.7. The number of halogens is 1. The Balaban J connectivity index is 2.38. The predicted molar refractivity (Wildman–Crippen MR) is 83.9 cm³/mol. The third kappa shape index (κ3) is 6.69. The highest BCUT2D eigenvalue weighted by molar-refractivity contribution is 6.20. The lowest BCUT2D eigenvalue weighted by Gasteiger charge is -2.07. The van der Waals surface area contributed by atoms with Gasteiger partial charge < -0.3 is 5.11 Å². The Kier molecular flexibility index (Phi) is 7.27. The molecule has 0 aliphatic rings. The van der Waals surface area contributed by atoms with Crippen LogP contribution in [-0.2, 0) is 4.79 Å². The van der Waals surface area contributed by atoms with Crippen molar-refractivity contribution in [2.75, 3.05) is 0 Å². The van der Waals surface area contributed by atoms with Gasteiger partial charge in [0.1, 0.15) is 0 Å². The molecule has 0 heterocycles. The summed E-state index contributed by atoms with van der Waals surface area (Å²) in [7, 11) is 0. The number of benzene rings is 1. The molecule has 1 aromatic rings. The molecular formula is C17H21ClO2. The monoisotopic (exact) mass is 292 g/mol. The Bertz CT molecular complexity index is 465. The second-order valence-electron chi connectivity index (χ2n) is 4.98. The highest BCUT2D eigenvalue weighted by Crippen LogP contribution is 2.16. The number of hydrogen-bond acceptors (Lipinski definition) is 2. The molecule has 0 aliphatic carbocycles. The molecule has 2 atom stereocenters. The molecule has 2 nitrogen and oxygen atoms in total. The van der Waals surface area contributed by atoms with Crippen LogP contribution in [0, 0.1) is 0 Å². The van der Waals surface area contributed by atoms with Crippen molar-refractivity contribution in [2.45, 2.75) is 37.7 Å². The molecule has 1 rings (SSSR count). The molecule has 0 amide bonds. The summed E-state index contributed by atoms with van der Waals surface area (Å²) >= 11 is 6.09. The van der Waals surface area contributed by atoms with Crippen LogP contribution in [0.25, 0.3) is 0 Å². The van der Waals surface area contributed by atoms with Crippen molar-refractivity contribution in [3.05, 3.63) is 60.2 Å². The summed E-state index contributed by atoms with van der Waals surface area (Å²) in [4.78, 5) is 11.7. The minimum atomic E-state index is -0.748. The summed E-state index contributed by atoms with van der Waals surface area (Å²) in [5.74, 6) is -0.0210. The Morgan fingerprint density at radius 3 is 2.65 bits per heavy atom. The van der Waals surface area contributed by atoms with Gasteiger partial charge in [0.2, 0.25) is 0 Å². The molecule has 0 aliphatic heterocycles. The molecule has 1 N–H and O–H groups in total. The molecule has 1 aromatic carbocycles. The van der Waals surface area contributed by atoms with Crippen LogP contribution < -0.4 is 0 Å². The van der Waals surface area contributed by atoms with E-state index in [9.17, 15) is 9.90 Å². The van der Waals surface area contributed by atoms with Gasteiger partial charge in [-0.2, -0.15) is 0 Å². The Morgan fingerprint density at radius 1 is 1.40 bits per heavy atom. The first-order valence-electron chi connectivity index (χ1n) is 6.71. The van der Waals surface area contributed by atoms with E-state index in [2.05, 4.69) is 6.58 Å². The summed E-state index contributed by atoms with van der Waals surface area (Å²) in [6, 6.07) is 9.23. The van der Waals surface area contributed by atoms with E-state index in [1.54, 1.807) is 0 Å². The fraction of sp³-hybridized carbons (Fsp3) is 0.353. The largest absolute Gasteiger partial charge is 0.384 e. The number of carbonyl (C=O) groups excluding carboxylic acids is 1. The first-order valence-corrected chi connectivity index (χ1v) is 7.15. The van der Waals surface area contributed by atoms with Crippen LogP contribution in [0.15, 0.2) is 54.6 Å². The van der Waals surface area contributed by atoms with E-state index in [4.69, 9.17) is 11.6 Å². The van der Waals surface area contributed by atoms with Crippen LogP contribution in [0.1, 0.15) is 37.9 Å². The summed E-state index contributed by atoms with van der Waals surface area (Å²) in [6.07, 6.45) is 3.94. The Labute approximate surface area is 125 Å². The van der Waals surface area contributed by atoms with Gasteiger partial charge in [0.15, 0.2) is 5.78 Å². The minimum Gasteiger partial charge on any atom is -0.384 e. The van der Waals surface area contributed by atoms with Gasteiger partial charge in [0.25, 0.3) is 0 Å². The van der Waals surface area contributed by atoms with Crippen molar-refractivity contribution in [3.63, 3.8) is 0 Å². The maximum Gasteiger partial charge on any atom is 0.155 e. The molecule has 0 fully saturated rings. The SMILES string of the molecule is C=C(C)CC(Cl)CCC(=O)/C=C/C(O)c1ccccc1. The maximum atomic E-state index is 11.7. The van der Waals surface area contributed by atoms with Gasteiger partial charge >= 0.3 is 0 Å². The van der Waals surface area contributed by atoms with Crippen LogP contribution in [0.4, 0.5) is 0 Å². The van der Waals surface area contributed by atoms with Crippen molar-refractivity contribution in [1.82, 2.24) is 0 Å².